The van der Waals surface area contributed by atoms with Crippen molar-refractivity contribution >= 4 is 17.2 Å². The first-order valence-electron chi connectivity index (χ1n) is 7.71. The topological polar surface area (TPSA) is 51.2 Å². The Hall–Kier alpha value is -1.86. The molecule has 1 amide bonds. The van der Waals surface area contributed by atoms with Crippen LogP contribution in [0.2, 0.25) is 0 Å². The van der Waals surface area contributed by atoms with Crippen LogP contribution >= 0.6 is 11.3 Å². The van der Waals surface area contributed by atoms with Gasteiger partial charge in [0.25, 0.3) is 5.91 Å². The van der Waals surface area contributed by atoms with Crippen molar-refractivity contribution in [3.8, 4) is 10.6 Å². The Morgan fingerprint density at radius 1 is 1.33 bits per heavy atom. The third-order valence-electron chi connectivity index (χ3n) is 3.24. The Kier molecular flexibility index (Phi) is 6.39. The molecule has 130 valence electrons. The van der Waals surface area contributed by atoms with Crippen LogP contribution in [0.15, 0.2) is 18.2 Å². The van der Waals surface area contributed by atoms with Gasteiger partial charge >= 0.3 is 0 Å². The van der Waals surface area contributed by atoms with Crippen molar-refractivity contribution in [3.05, 3.63) is 40.4 Å². The van der Waals surface area contributed by atoms with Gasteiger partial charge in [0, 0.05) is 13.2 Å². The van der Waals surface area contributed by atoms with Gasteiger partial charge in [-0.1, -0.05) is 6.07 Å². The number of rotatable bonds is 7. The maximum Gasteiger partial charge on any atom is 0.263 e. The van der Waals surface area contributed by atoms with Crippen molar-refractivity contribution in [2.24, 2.45) is 0 Å². The Balaban J connectivity index is 2.05. The minimum absolute atomic E-state index is 0.155. The number of ether oxygens (including phenoxy) is 1. The van der Waals surface area contributed by atoms with Crippen LogP contribution < -0.4 is 5.32 Å². The number of hydrogen-bond acceptors (Lipinski definition) is 4. The van der Waals surface area contributed by atoms with Crippen LogP contribution in [0.1, 0.15) is 35.6 Å². The number of amides is 1. The van der Waals surface area contributed by atoms with Crippen LogP contribution in [0.25, 0.3) is 10.6 Å². The maximum atomic E-state index is 13.8. The van der Waals surface area contributed by atoms with Gasteiger partial charge in [0.2, 0.25) is 0 Å². The van der Waals surface area contributed by atoms with E-state index in [0.717, 1.165) is 11.3 Å². The van der Waals surface area contributed by atoms with E-state index in [9.17, 15) is 13.6 Å². The van der Waals surface area contributed by atoms with Crippen LogP contribution in [0.3, 0.4) is 0 Å². The van der Waals surface area contributed by atoms with Crippen molar-refractivity contribution in [2.45, 2.75) is 33.3 Å². The summed E-state index contributed by atoms with van der Waals surface area (Å²) in [6.45, 7) is 6.57. The predicted octanol–water partition coefficient (Wildman–Crippen LogP) is 3.94. The van der Waals surface area contributed by atoms with Gasteiger partial charge in [0.05, 0.1) is 17.4 Å². The van der Waals surface area contributed by atoms with E-state index in [1.807, 2.05) is 13.8 Å². The summed E-state index contributed by atoms with van der Waals surface area (Å²) in [6, 6.07) is 3.63. The minimum atomic E-state index is -0.693. The lowest BCUT2D eigenvalue weighted by atomic mass is 10.2. The number of carbonyl (C=O) groups is 1. The summed E-state index contributed by atoms with van der Waals surface area (Å²) in [7, 11) is 0. The summed E-state index contributed by atoms with van der Waals surface area (Å²) in [5.74, 6) is -1.68. The smallest absolute Gasteiger partial charge is 0.263 e. The number of hydrogen-bond donors (Lipinski definition) is 1. The van der Waals surface area contributed by atoms with E-state index in [4.69, 9.17) is 4.74 Å². The van der Waals surface area contributed by atoms with Crippen LogP contribution in [-0.2, 0) is 4.74 Å². The molecule has 24 heavy (non-hydrogen) atoms. The standard InChI is InChI=1S/C17H20F2N2O2S/c1-10(2)23-9-5-8-20-16(22)15-11(3)21-17(24-15)14-12(18)6-4-7-13(14)19/h4,6-7,10H,5,8-9H2,1-3H3,(H,20,22). The Morgan fingerprint density at radius 3 is 2.62 bits per heavy atom. The zero-order valence-corrected chi connectivity index (χ0v) is 14.7. The average Bonchev–Trinajstić information content (AvgIpc) is 2.88. The highest BCUT2D eigenvalue weighted by Gasteiger charge is 2.20. The predicted molar refractivity (Wildman–Crippen MR) is 90.2 cm³/mol. The summed E-state index contributed by atoms with van der Waals surface area (Å²) < 4.78 is 33.1. The Bertz CT molecular complexity index is 696. The highest BCUT2D eigenvalue weighted by Crippen LogP contribution is 2.31. The molecule has 1 heterocycles. The number of aromatic nitrogens is 1. The lowest BCUT2D eigenvalue weighted by molar-refractivity contribution is 0.0757. The molecule has 1 N–H and O–H groups in total. The molecule has 2 aromatic rings. The largest absolute Gasteiger partial charge is 0.379 e. The molecule has 1 aromatic heterocycles. The molecule has 0 spiro atoms. The lowest BCUT2D eigenvalue weighted by Crippen LogP contribution is -2.25. The van der Waals surface area contributed by atoms with Crippen LogP contribution in [0, 0.1) is 18.6 Å². The minimum Gasteiger partial charge on any atom is -0.379 e. The quantitative estimate of drug-likeness (QED) is 0.766. The normalized spacial score (nSPS) is 11.1. The Morgan fingerprint density at radius 2 is 2.00 bits per heavy atom. The number of aryl methyl sites for hydroxylation is 1. The average molecular weight is 354 g/mol. The molecular formula is C17H20F2N2O2S. The highest BCUT2D eigenvalue weighted by atomic mass is 32.1. The number of nitrogens with zero attached hydrogens (tertiary/aromatic N) is 1. The number of carbonyl (C=O) groups excluding carboxylic acids is 1. The third-order valence-corrected chi connectivity index (χ3v) is 4.41. The van der Waals surface area contributed by atoms with Crippen molar-refractivity contribution in [1.29, 1.82) is 0 Å². The van der Waals surface area contributed by atoms with Gasteiger partial charge in [-0.3, -0.25) is 4.79 Å². The first kappa shape index (κ1) is 18.5. The number of halogens is 2. The molecule has 0 saturated carbocycles. The van der Waals surface area contributed by atoms with Gasteiger partial charge in [0.15, 0.2) is 0 Å². The third kappa shape index (κ3) is 4.58. The zero-order valence-electron chi connectivity index (χ0n) is 13.9. The molecule has 7 heteroatoms. The number of benzene rings is 1. The van der Waals surface area contributed by atoms with Gasteiger partial charge in [-0.25, -0.2) is 13.8 Å². The lowest BCUT2D eigenvalue weighted by Gasteiger charge is -2.07. The van der Waals surface area contributed by atoms with E-state index in [1.165, 1.54) is 18.2 Å². The van der Waals surface area contributed by atoms with Gasteiger partial charge in [-0.05, 0) is 39.3 Å². The SMILES string of the molecule is Cc1nc(-c2c(F)cccc2F)sc1C(=O)NCCCOC(C)C. The van der Waals surface area contributed by atoms with E-state index in [0.29, 0.717) is 30.1 Å². The fraction of sp³-hybridized carbons (Fsp3) is 0.412. The monoisotopic (exact) mass is 354 g/mol. The summed E-state index contributed by atoms with van der Waals surface area (Å²) in [6.07, 6.45) is 0.846. The van der Waals surface area contributed by atoms with Gasteiger partial charge in [-0.15, -0.1) is 11.3 Å². The molecule has 0 aliphatic rings. The summed E-state index contributed by atoms with van der Waals surface area (Å²) in [4.78, 5) is 16.7. The molecular weight excluding hydrogens is 334 g/mol. The fourth-order valence-electron chi connectivity index (χ4n) is 2.09. The first-order valence-corrected chi connectivity index (χ1v) is 8.53. The molecule has 2 rings (SSSR count). The second-order valence-electron chi connectivity index (χ2n) is 5.56. The molecule has 0 atom stereocenters. The zero-order chi connectivity index (χ0) is 17.7. The maximum absolute atomic E-state index is 13.8. The second kappa shape index (κ2) is 8.30. The molecule has 1 aromatic carbocycles. The number of thiazole rings is 1. The molecule has 0 aliphatic carbocycles. The van der Waals surface area contributed by atoms with E-state index < -0.39 is 11.6 Å². The van der Waals surface area contributed by atoms with E-state index in [1.54, 1.807) is 6.92 Å². The highest BCUT2D eigenvalue weighted by molar-refractivity contribution is 7.17. The molecule has 0 saturated heterocycles. The van der Waals surface area contributed by atoms with Gasteiger partial charge < -0.3 is 10.1 Å². The summed E-state index contributed by atoms with van der Waals surface area (Å²) in [5.41, 5.74) is 0.253. The van der Waals surface area contributed by atoms with Crippen LogP contribution in [0.4, 0.5) is 8.78 Å². The molecule has 0 fully saturated rings. The van der Waals surface area contributed by atoms with Crippen molar-refractivity contribution < 1.29 is 18.3 Å². The van der Waals surface area contributed by atoms with Gasteiger partial charge in [-0.2, -0.15) is 0 Å². The molecule has 4 nitrogen and oxygen atoms in total. The number of nitrogens with one attached hydrogen (secondary N) is 1. The van der Waals surface area contributed by atoms with Gasteiger partial charge in [0.1, 0.15) is 21.5 Å². The van der Waals surface area contributed by atoms with Crippen LogP contribution in [-0.4, -0.2) is 30.1 Å². The molecule has 0 radical (unpaired) electrons. The van der Waals surface area contributed by atoms with Crippen molar-refractivity contribution in [1.82, 2.24) is 10.3 Å². The van der Waals surface area contributed by atoms with E-state index in [-0.39, 0.29) is 22.6 Å². The first-order chi connectivity index (χ1) is 11.4. The van der Waals surface area contributed by atoms with E-state index in [2.05, 4.69) is 10.3 Å². The van der Waals surface area contributed by atoms with E-state index >= 15 is 0 Å². The summed E-state index contributed by atoms with van der Waals surface area (Å²) in [5, 5.41) is 2.93. The summed E-state index contributed by atoms with van der Waals surface area (Å²) >= 11 is 0.983. The second-order valence-corrected chi connectivity index (χ2v) is 6.56. The van der Waals surface area contributed by atoms with Crippen molar-refractivity contribution in [3.63, 3.8) is 0 Å². The Labute approximate surface area is 143 Å². The van der Waals surface area contributed by atoms with Crippen molar-refractivity contribution in [2.75, 3.05) is 13.2 Å². The molecule has 0 bridgehead atoms. The van der Waals surface area contributed by atoms with Crippen LogP contribution in [0.5, 0.6) is 0 Å². The fourth-order valence-corrected chi connectivity index (χ4v) is 3.12. The molecule has 0 aliphatic heterocycles. The molecule has 0 unspecified atom stereocenters.